The number of hydrogen-bond donors (Lipinski definition) is 1. The van der Waals surface area contributed by atoms with E-state index < -0.39 is 10.1 Å². The third kappa shape index (κ3) is 2.00. The minimum Gasteiger partial charge on any atom is -0.294 e. The van der Waals surface area contributed by atoms with Gasteiger partial charge in [0.1, 0.15) is 4.90 Å². The fourth-order valence-corrected chi connectivity index (χ4v) is 2.24. The number of Topliss-reactive ketones (excluding diaryl/α,β-unsaturated/α-hetero) is 1. The molecule has 0 aliphatic heterocycles. The molecule has 0 spiro atoms. The molecule has 0 heterocycles. The summed E-state index contributed by atoms with van der Waals surface area (Å²) < 4.78 is 30.9. The van der Waals surface area contributed by atoms with Crippen molar-refractivity contribution in [2.24, 2.45) is 0 Å². The summed E-state index contributed by atoms with van der Waals surface area (Å²) in [7, 11) is -4.33. The molecule has 0 amide bonds. The quantitative estimate of drug-likeness (QED) is 0.597. The van der Waals surface area contributed by atoms with E-state index in [9.17, 15) is 13.2 Å². The fourth-order valence-electron chi connectivity index (χ4n) is 1.27. The van der Waals surface area contributed by atoms with Crippen LogP contribution in [0, 0.1) is 6.92 Å². The van der Waals surface area contributed by atoms with Crippen LogP contribution in [-0.4, -0.2) is 18.8 Å². The first-order valence-corrected chi connectivity index (χ1v) is 5.36. The molecule has 1 N–H and O–H groups in total. The zero-order chi connectivity index (χ0) is 10.9. The molecule has 76 valence electrons. The maximum Gasteiger partial charge on any atom is 0.295 e. The Labute approximate surface area is 82.3 Å². The number of rotatable bonds is 2. The third-order valence-corrected chi connectivity index (χ3v) is 2.91. The van der Waals surface area contributed by atoms with Crippen LogP contribution in [0.5, 0.6) is 0 Å². The zero-order valence-corrected chi connectivity index (χ0v) is 8.63. The Morgan fingerprint density at radius 3 is 2.29 bits per heavy atom. The molecule has 4 nitrogen and oxygen atoms in total. The molecule has 0 radical (unpaired) electrons. The van der Waals surface area contributed by atoms with Gasteiger partial charge in [0.05, 0.1) is 0 Å². The maximum atomic E-state index is 11.1. The monoisotopic (exact) mass is 214 g/mol. The maximum absolute atomic E-state index is 11.1. The molecule has 0 fully saturated rings. The Bertz CT molecular complexity index is 474. The Kier molecular flexibility index (Phi) is 2.73. The van der Waals surface area contributed by atoms with Gasteiger partial charge in [-0.15, -0.1) is 0 Å². The van der Waals surface area contributed by atoms with Gasteiger partial charge < -0.3 is 0 Å². The second-order valence-corrected chi connectivity index (χ2v) is 4.34. The Balaban J connectivity index is 3.62. The van der Waals surface area contributed by atoms with Crippen molar-refractivity contribution in [3.05, 3.63) is 29.3 Å². The number of carbonyl (C=O) groups is 1. The number of benzene rings is 1. The van der Waals surface area contributed by atoms with E-state index in [2.05, 4.69) is 0 Å². The Morgan fingerprint density at radius 2 is 1.93 bits per heavy atom. The first kappa shape index (κ1) is 10.9. The Hall–Kier alpha value is -1.20. The highest BCUT2D eigenvalue weighted by Crippen LogP contribution is 2.20. The Morgan fingerprint density at radius 1 is 1.36 bits per heavy atom. The van der Waals surface area contributed by atoms with E-state index in [0.717, 1.165) is 0 Å². The summed E-state index contributed by atoms with van der Waals surface area (Å²) in [6.07, 6.45) is 0. The van der Waals surface area contributed by atoms with E-state index in [-0.39, 0.29) is 16.2 Å². The van der Waals surface area contributed by atoms with Crippen LogP contribution >= 0.6 is 0 Å². The van der Waals surface area contributed by atoms with Crippen molar-refractivity contribution in [3.8, 4) is 0 Å². The lowest BCUT2D eigenvalue weighted by Gasteiger charge is -2.06. The molecule has 0 aliphatic rings. The van der Waals surface area contributed by atoms with Crippen molar-refractivity contribution in [3.63, 3.8) is 0 Å². The molecule has 1 aromatic carbocycles. The number of aryl methyl sites for hydroxylation is 1. The lowest BCUT2D eigenvalue weighted by atomic mass is 10.1. The second-order valence-electron chi connectivity index (χ2n) is 2.98. The van der Waals surface area contributed by atoms with Crippen LogP contribution in [0.1, 0.15) is 22.8 Å². The van der Waals surface area contributed by atoms with Gasteiger partial charge in [0.15, 0.2) is 5.78 Å². The molecule has 0 bridgehead atoms. The van der Waals surface area contributed by atoms with Crippen LogP contribution < -0.4 is 0 Å². The molecule has 1 rings (SSSR count). The molecule has 1 aromatic rings. The lowest BCUT2D eigenvalue weighted by molar-refractivity contribution is 0.101. The van der Waals surface area contributed by atoms with E-state index in [0.29, 0.717) is 5.56 Å². The number of carbonyl (C=O) groups excluding carboxylic acids is 1. The van der Waals surface area contributed by atoms with Gasteiger partial charge in [0, 0.05) is 5.56 Å². The SMILES string of the molecule is CC(=O)c1cccc(C)c1S(=O)(=O)O. The van der Waals surface area contributed by atoms with Crippen LogP contribution in [0.25, 0.3) is 0 Å². The highest BCUT2D eigenvalue weighted by molar-refractivity contribution is 7.86. The standard InChI is InChI=1S/C9H10O4S/c1-6-4-3-5-8(7(2)10)9(6)14(11,12)13/h3-5H,1-2H3,(H,11,12,13). The largest absolute Gasteiger partial charge is 0.295 e. The molecule has 5 heteroatoms. The molecule has 0 atom stereocenters. The van der Waals surface area contributed by atoms with Gasteiger partial charge in [-0.2, -0.15) is 8.42 Å². The first-order chi connectivity index (χ1) is 6.34. The summed E-state index contributed by atoms with van der Waals surface area (Å²) in [6.45, 7) is 2.78. The summed E-state index contributed by atoms with van der Waals surface area (Å²) in [5.74, 6) is -0.388. The molecule has 0 saturated heterocycles. The van der Waals surface area contributed by atoms with Crippen LogP contribution in [0.15, 0.2) is 23.1 Å². The van der Waals surface area contributed by atoms with Gasteiger partial charge in [-0.25, -0.2) is 0 Å². The normalized spacial score (nSPS) is 11.4. The molecule has 0 aromatic heterocycles. The first-order valence-electron chi connectivity index (χ1n) is 3.92. The van der Waals surface area contributed by atoms with Gasteiger partial charge in [-0.1, -0.05) is 12.1 Å². The van der Waals surface area contributed by atoms with Crippen LogP contribution in [-0.2, 0) is 10.1 Å². The molecule has 0 aliphatic carbocycles. The third-order valence-electron chi connectivity index (χ3n) is 1.85. The van der Waals surface area contributed by atoms with Gasteiger partial charge in [0.25, 0.3) is 10.1 Å². The minimum atomic E-state index is -4.33. The van der Waals surface area contributed by atoms with Crippen molar-refractivity contribution < 1.29 is 17.8 Å². The van der Waals surface area contributed by atoms with Crippen molar-refractivity contribution in [2.45, 2.75) is 18.7 Å². The predicted molar refractivity (Wildman–Crippen MR) is 51.0 cm³/mol. The average Bonchev–Trinajstić information content (AvgIpc) is 2.01. The molecular formula is C9H10O4S. The van der Waals surface area contributed by atoms with Crippen LogP contribution in [0.4, 0.5) is 0 Å². The molecular weight excluding hydrogens is 204 g/mol. The average molecular weight is 214 g/mol. The highest BCUT2D eigenvalue weighted by atomic mass is 32.2. The number of ketones is 1. The summed E-state index contributed by atoms with van der Waals surface area (Å²) in [5, 5.41) is 0. The van der Waals surface area contributed by atoms with Crippen LogP contribution in [0.2, 0.25) is 0 Å². The summed E-state index contributed by atoms with van der Waals surface area (Å²) in [6, 6.07) is 4.47. The molecule has 0 saturated carbocycles. The highest BCUT2D eigenvalue weighted by Gasteiger charge is 2.20. The minimum absolute atomic E-state index is 0.0208. The van der Waals surface area contributed by atoms with Gasteiger partial charge in [-0.3, -0.25) is 9.35 Å². The second kappa shape index (κ2) is 3.51. The summed E-state index contributed by atoms with van der Waals surface area (Å²) in [4.78, 5) is 10.8. The van der Waals surface area contributed by atoms with Crippen LogP contribution in [0.3, 0.4) is 0 Å². The van der Waals surface area contributed by atoms with Crippen molar-refractivity contribution in [2.75, 3.05) is 0 Å². The fraction of sp³-hybridized carbons (Fsp3) is 0.222. The zero-order valence-electron chi connectivity index (χ0n) is 7.81. The van der Waals surface area contributed by atoms with Crippen molar-refractivity contribution in [1.29, 1.82) is 0 Å². The van der Waals surface area contributed by atoms with E-state index in [4.69, 9.17) is 4.55 Å². The summed E-state index contributed by atoms with van der Waals surface area (Å²) >= 11 is 0. The smallest absolute Gasteiger partial charge is 0.294 e. The van der Waals surface area contributed by atoms with E-state index in [1.54, 1.807) is 6.07 Å². The summed E-state index contributed by atoms with van der Waals surface area (Å²) in [5.41, 5.74) is 0.382. The van der Waals surface area contributed by atoms with Gasteiger partial charge in [-0.05, 0) is 25.5 Å². The molecule has 14 heavy (non-hydrogen) atoms. The van der Waals surface area contributed by atoms with E-state index in [1.807, 2.05) is 0 Å². The lowest BCUT2D eigenvalue weighted by Crippen LogP contribution is -2.08. The van der Waals surface area contributed by atoms with Gasteiger partial charge in [0.2, 0.25) is 0 Å². The topological polar surface area (TPSA) is 71.4 Å². The van der Waals surface area contributed by atoms with Crippen molar-refractivity contribution >= 4 is 15.9 Å². The predicted octanol–water partition coefficient (Wildman–Crippen LogP) is 1.44. The molecule has 0 unspecified atom stereocenters. The van der Waals surface area contributed by atoms with E-state index in [1.165, 1.54) is 26.0 Å². The number of hydrogen-bond acceptors (Lipinski definition) is 3. The van der Waals surface area contributed by atoms with Crippen molar-refractivity contribution in [1.82, 2.24) is 0 Å². The van der Waals surface area contributed by atoms with E-state index >= 15 is 0 Å². The van der Waals surface area contributed by atoms with Gasteiger partial charge >= 0.3 is 0 Å².